The van der Waals surface area contributed by atoms with E-state index >= 15 is 0 Å². The number of imidazole rings is 3. The van der Waals surface area contributed by atoms with E-state index in [2.05, 4.69) is 66.0 Å². The van der Waals surface area contributed by atoms with Crippen LogP contribution in [0.4, 0.5) is 23.0 Å². The summed E-state index contributed by atoms with van der Waals surface area (Å²) >= 11 is 0. The number of rotatable bonds is 17. The van der Waals surface area contributed by atoms with Gasteiger partial charge in [-0.2, -0.15) is 0 Å². The van der Waals surface area contributed by atoms with Gasteiger partial charge in [0.2, 0.25) is 23.5 Å². The first-order valence-corrected chi connectivity index (χ1v) is 19.9. The van der Waals surface area contributed by atoms with Crippen LogP contribution < -0.4 is 37.2 Å². The Labute approximate surface area is 356 Å². The molecule has 22 heteroatoms. The van der Waals surface area contributed by atoms with E-state index in [4.69, 9.17) is 0 Å². The van der Waals surface area contributed by atoms with E-state index in [1.165, 1.54) is 29.1 Å². The van der Waals surface area contributed by atoms with Crippen molar-refractivity contribution in [3.05, 3.63) is 78.2 Å². The van der Waals surface area contributed by atoms with E-state index in [9.17, 15) is 33.6 Å². The topological polar surface area (TPSA) is 267 Å². The second-order valence-electron chi connectivity index (χ2n) is 15.7. The van der Waals surface area contributed by atoms with Crippen molar-refractivity contribution in [1.29, 1.82) is 0 Å². The molecule has 0 unspecified atom stereocenters. The van der Waals surface area contributed by atoms with Crippen LogP contribution in [0.15, 0.2) is 49.3 Å². The molecule has 1 fully saturated rings. The van der Waals surface area contributed by atoms with Crippen molar-refractivity contribution in [3.8, 4) is 0 Å². The van der Waals surface area contributed by atoms with E-state index in [1.54, 1.807) is 78.3 Å². The molecule has 7 N–H and O–H groups in total. The highest BCUT2D eigenvalue weighted by molar-refractivity contribution is 6.04. The standard InChI is InChI=1S/C40H51N15O7/c1-22(2)8-10-43-38(60)33-49-30(21-54(33)6)50-35(57)23-14-24(15-23)44-37(59)28-17-26(19-53(28)5)46-40(62)34-48-29(20-55(34)7)47-31(56)9-11-42-36(58)27-16-25(18-52(27)4)45-39(61)32-41-12-13-51(32)3/h12-13,16-24H,8-11,14-15H2,1-7H3,(H,42,58)(H,43,60)(H,44,59)(H,45,61)(H,46,62)(H,47,56)(H,50,57). The highest BCUT2D eigenvalue weighted by atomic mass is 16.2. The second kappa shape index (κ2) is 18.8. The largest absolute Gasteiger partial charge is 0.350 e. The summed E-state index contributed by atoms with van der Waals surface area (Å²) in [6.07, 6.45) is 10.9. The number of hydrogen-bond donors (Lipinski definition) is 7. The van der Waals surface area contributed by atoms with Crippen LogP contribution in [-0.4, -0.2) is 98.3 Å². The number of aromatic nitrogens is 8. The van der Waals surface area contributed by atoms with Gasteiger partial charge in [-0.1, -0.05) is 13.8 Å². The second-order valence-corrected chi connectivity index (χ2v) is 15.7. The maximum atomic E-state index is 13.2. The molecular formula is C40H51N15O7. The first-order chi connectivity index (χ1) is 29.4. The van der Waals surface area contributed by atoms with Crippen LogP contribution in [0.2, 0.25) is 0 Å². The zero-order chi connectivity index (χ0) is 44.8. The lowest BCUT2D eigenvalue weighted by Gasteiger charge is -2.34. The van der Waals surface area contributed by atoms with E-state index in [0.717, 1.165) is 6.42 Å². The molecule has 5 aromatic rings. The Hall–Kier alpha value is -7.52. The maximum Gasteiger partial charge on any atom is 0.291 e. The number of amides is 7. The van der Waals surface area contributed by atoms with Gasteiger partial charge in [0, 0.05) is 104 Å². The van der Waals surface area contributed by atoms with Gasteiger partial charge in [-0.3, -0.25) is 33.6 Å². The summed E-state index contributed by atoms with van der Waals surface area (Å²) in [5.41, 5.74) is 1.28. The van der Waals surface area contributed by atoms with E-state index in [-0.39, 0.29) is 83.1 Å². The average molecular weight is 854 g/mol. The van der Waals surface area contributed by atoms with Gasteiger partial charge in [0.25, 0.3) is 29.5 Å². The SMILES string of the molecule is CC(C)CCNC(=O)c1nc(NC(=O)C2CC(NC(=O)c3cc(NC(=O)c4nc(NC(=O)CCNC(=O)c5cc(NC(=O)c6nccn6C)cn5C)cn4C)cn3C)C2)cn1C. The summed E-state index contributed by atoms with van der Waals surface area (Å²) in [7, 11) is 8.27. The zero-order valence-electron chi connectivity index (χ0n) is 35.5. The Bertz CT molecular complexity index is 2510. The maximum absolute atomic E-state index is 13.2. The Morgan fingerprint density at radius 3 is 1.76 bits per heavy atom. The predicted octanol–water partition coefficient (Wildman–Crippen LogP) is 1.75. The first kappa shape index (κ1) is 44.0. The van der Waals surface area contributed by atoms with Gasteiger partial charge in [-0.05, 0) is 37.3 Å². The fraction of sp³-hybridized carbons (Fsp3) is 0.400. The minimum absolute atomic E-state index is 0.000513. The molecule has 1 saturated carbocycles. The van der Waals surface area contributed by atoms with Crippen LogP contribution in [0, 0.1) is 11.8 Å². The number of aryl methyl sites for hydroxylation is 5. The number of carbonyl (C=O) groups excluding carboxylic acids is 7. The fourth-order valence-corrected chi connectivity index (χ4v) is 6.73. The van der Waals surface area contributed by atoms with Gasteiger partial charge in [0.05, 0.1) is 11.4 Å². The molecule has 22 nitrogen and oxygen atoms in total. The molecule has 7 amide bonds. The number of hydrogen-bond acceptors (Lipinski definition) is 10. The van der Waals surface area contributed by atoms with Crippen molar-refractivity contribution < 1.29 is 33.6 Å². The van der Waals surface area contributed by atoms with Crippen LogP contribution in [0.25, 0.3) is 0 Å². The third-order valence-electron chi connectivity index (χ3n) is 10.2. The summed E-state index contributed by atoms with van der Waals surface area (Å²) in [6, 6.07) is 2.78. The van der Waals surface area contributed by atoms with Crippen molar-refractivity contribution in [2.24, 2.45) is 47.1 Å². The molecule has 0 aliphatic heterocycles. The van der Waals surface area contributed by atoms with E-state index in [1.807, 2.05) is 0 Å². The van der Waals surface area contributed by atoms with Crippen LogP contribution >= 0.6 is 0 Å². The molecule has 328 valence electrons. The lowest BCUT2D eigenvalue weighted by molar-refractivity contribution is -0.123. The summed E-state index contributed by atoms with van der Waals surface area (Å²) in [4.78, 5) is 102. The van der Waals surface area contributed by atoms with Crippen LogP contribution in [0.5, 0.6) is 0 Å². The molecule has 62 heavy (non-hydrogen) atoms. The van der Waals surface area contributed by atoms with Crippen molar-refractivity contribution in [2.45, 2.75) is 45.6 Å². The van der Waals surface area contributed by atoms with Gasteiger partial charge >= 0.3 is 0 Å². The quantitative estimate of drug-likeness (QED) is 0.0713. The number of nitrogens with one attached hydrogen (secondary N) is 7. The molecule has 6 rings (SSSR count). The van der Waals surface area contributed by atoms with Crippen LogP contribution in [0.3, 0.4) is 0 Å². The summed E-state index contributed by atoms with van der Waals surface area (Å²) in [6.45, 7) is 4.67. The summed E-state index contributed by atoms with van der Waals surface area (Å²) in [5.74, 6) is -2.00. The van der Waals surface area contributed by atoms with Crippen LogP contribution in [-0.2, 0) is 44.8 Å². The van der Waals surface area contributed by atoms with E-state index in [0.29, 0.717) is 36.7 Å². The van der Waals surface area contributed by atoms with Gasteiger partial charge in [0.1, 0.15) is 11.4 Å². The first-order valence-electron chi connectivity index (χ1n) is 19.9. The Kier molecular flexibility index (Phi) is 13.4. The summed E-state index contributed by atoms with van der Waals surface area (Å²) in [5, 5.41) is 19.3. The molecule has 0 atom stereocenters. The lowest BCUT2D eigenvalue weighted by Crippen LogP contribution is -2.48. The van der Waals surface area contributed by atoms with Crippen molar-refractivity contribution in [2.75, 3.05) is 34.4 Å². The Morgan fingerprint density at radius 2 is 1.18 bits per heavy atom. The predicted molar refractivity (Wildman–Crippen MR) is 226 cm³/mol. The molecule has 1 aliphatic carbocycles. The molecule has 0 bridgehead atoms. The molecular weight excluding hydrogens is 803 g/mol. The number of nitrogens with zero attached hydrogens (tertiary/aromatic N) is 8. The number of carbonyl (C=O) groups is 7. The van der Waals surface area contributed by atoms with Gasteiger partial charge < -0.3 is 60.1 Å². The molecule has 0 spiro atoms. The average Bonchev–Trinajstić information content (AvgIpc) is 4.01. The molecule has 5 heterocycles. The number of anilines is 4. The van der Waals surface area contributed by atoms with Gasteiger partial charge in [-0.15, -0.1) is 0 Å². The highest BCUT2D eigenvalue weighted by Gasteiger charge is 2.36. The minimum atomic E-state index is -0.588. The van der Waals surface area contributed by atoms with Crippen molar-refractivity contribution >= 4 is 64.4 Å². The Balaban J connectivity index is 0.921. The lowest BCUT2D eigenvalue weighted by atomic mass is 9.79. The van der Waals surface area contributed by atoms with Gasteiger partial charge in [-0.25, -0.2) is 15.0 Å². The van der Waals surface area contributed by atoms with Gasteiger partial charge in [0.15, 0.2) is 17.5 Å². The molecule has 0 aromatic carbocycles. The highest BCUT2D eigenvalue weighted by Crippen LogP contribution is 2.29. The fourth-order valence-electron chi connectivity index (χ4n) is 6.73. The van der Waals surface area contributed by atoms with Crippen LogP contribution in [0.1, 0.15) is 92.4 Å². The monoisotopic (exact) mass is 853 g/mol. The molecule has 0 saturated heterocycles. The zero-order valence-corrected chi connectivity index (χ0v) is 35.5. The Morgan fingerprint density at radius 1 is 0.629 bits per heavy atom. The smallest absolute Gasteiger partial charge is 0.291 e. The normalized spacial score (nSPS) is 14.5. The summed E-state index contributed by atoms with van der Waals surface area (Å²) < 4.78 is 7.67. The van der Waals surface area contributed by atoms with Crippen molar-refractivity contribution in [1.82, 2.24) is 53.7 Å². The van der Waals surface area contributed by atoms with Crippen molar-refractivity contribution in [3.63, 3.8) is 0 Å². The third-order valence-corrected chi connectivity index (χ3v) is 10.2. The molecule has 5 aromatic heterocycles. The third kappa shape index (κ3) is 10.6. The minimum Gasteiger partial charge on any atom is -0.350 e. The molecule has 1 aliphatic rings. The molecule has 0 radical (unpaired) electrons. The van der Waals surface area contributed by atoms with E-state index < -0.39 is 23.6 Å².